The van der Waals surface area contributed by atoms with Crippen molar-refractivity contribution in [3.63, 3.8) is 0 Å². The summed E-state index contributed by atoms with van der Waals surface area (Å²) in [6.45, 7) is 7.07. The topological polar surface area (TPSA) is 65.7 Å². The molecule has 0 aliphatic heterocycles. The molecule has 0 bridgehead atoms. The summed E-state index contributed by atoms with van der Waals surface area (Å²) in [6.07, 6.45) is 1.73. The third kappa shape index (κ3) is 2.90. The molecule has 1 aromatic carbocycles. The molecular weight excluding hydrogens is 308 g/mol. The predicted octanol–water partition coefficient (Wildman–Crippen LogP) is 3.31. The number of hydrogen-bond acceptors (Lipinski definition) is 5. The van der Waals surface area contributed by atoms with E-state index in [1.165, 1.54) is 0 Å². The van der Waals surface area contributed by atoms with E-state index < -0.39 is 12.1 Å². The first kappa shape index (κ1) is 16.6. The molecule has 3 rings (SSSR count). The Bertz CT molecular complexity index is 847. The van der Waals surface area contributed by atoms with Crippen LogP contribution in [0.15, 0.2) is 21.3 Å². The van der Waals surface area contributed by atoms with Crippen molar-refractivity contribution >= 4 is 16.9 Å². The molecule has 5 nitrogen and oxygen atoms in total. The van der Waals surface area contributed by atoms with Crippen molar-refractivity contribution in [2.75, 3.05) is 0 Å². The van der Waals surface area contributed by atoms with Gasteiger partial charge in [-0.15, -0.1) is 0 Å². The summed E-state index contributed by atoms with van der Waals surface area (Å²) in [4.78, 5) is 24.1. The second-order valence-corrected chi connectivity index (χ2v) is 6.51. The molecule has 2 aromatic rings. The molecule has 1 aromatic heterocycles. The molecular formula is C19H22O5. The molecule has 0 amide bonds. The molecule has 128 valence electrons. The number of esters is 1. The van der Waals surface area contributed by atoms with E-state index in [0.717, 1.165) is 41.3 Å². The van der Waals surface area contributed by atoms with Crippen molar-refractivity contribution in [1.82, 2.24) is 0 Å². The zero-order chi connectivity index (χ0) is 17.4. The Morgan fingerprint density at radius 1 is 1.17 bits per heavy atom. The number of carbonyl (C=O) groups is 1. The largest absolute Gasteiger partial charge is 0.479 e. The van der Waals surface area contributed by atoms with E-state index in [2.05, 4.69) is 0 Å². The van der Waals surface area contributed by atoms with Crippen molar-refractivity contribution < 1.29 is 18.7 Å². The van der Waals surface area contributed by atoms with E-state index in [9.17, 15) is 9.59 Å². The molecule has 0 saturated heterocycles. The van der Waals surface area contributed by atoms with Gasteiger partial charge >= 0.3 is 11.6 Å². The number of hydrogen-bond donors (Lipinski definition) is 0. The molecule has 0 spiro atoms. The van der Waals surface area contributed by atoms with E-state index in [4.69, 9.17) is 13.9 Å². The maximum absolute atomic E-state index is 12.2. The van der Waals surface area contributed by atoms with Gasteiger partial charge < -0.3 is 13.9 Å². The van der Waals surface area contributed by atoms with Crippen molar-refractivity contribution in [1.29, 1.82) is 0 Å². The molecule has 0 saturated carbocycles. The van der Waals surface area contributed by atoms with Crippen LogP contribution in [-0.4, -0.2) is 18.2 Å². The second kappa shape index (κ2) is 6.30. The fourth-order valence-corrected chi connectivity index (χ4v) is 3.16. The highest BCUT2D eigenvalue weighted by molar-refractivity contribution is 5.86. The lowest BCUT2D eigenvalue weighted by atomic mass is 10.0. The van der Waals surface area contributed by atoms with Gasteiger partial charge in [0.1, 0.15) is 11.3 Å². The Morgan fingerprint density at radius 2 is 1.88 bits per heavy atom. The fourth-order valence-electron chi connectivity index (χ4n) is 3.16. The van der Waals surface area contributed by atoms with E-state index in [1.54, 1.807) is 20.8 Å². The predicted molar refractivity (Wildman–Crippen MR) is 90.6 cm³/mol. The molecule has 0 unspecified atom stereocenters. The van der Waals surface area contributed by atoms with Gasteiger partial charge in [0.05, 0.1) is 6.10 Å². The Morgan fingerprint density at radius 3 is 2.58 bits per heavy atom. The molecule has 1 aliphatic rings. The number of rotatable bonds is 4. The summed E-state index contributed by atoms with van der Waals surface area (Å²) >= 11 is 0. The molecule has 24 heavy (non-hydrogen) atoms. The van der Waals surface area contributed by atoms with Gasteiger partial charge in [-0.2, -0.15) is 0 Å². The Kier molecular flexibility index (Phi) is 4.35. The number of ether oxygens (including phenoxy) is 2. The molecule has 0 N–H and O–H groups in total. The minimum atomic E-state index is -0.732. The lowest BCUT2D eigenvalue weighted by molar-refractivity contribution is -0.154. The van der Waals surface area contributed by atoms with Crippen LogP contribution in [0.5, 0.6) is 5.75 Å². The van der Waals surface area contributed by atoms with Crippen molar-refractivity contribution in [2.24, 2.45) is 0 Å². The van der Waals surface area contributed by atoms with E-state index in [0.29, 0.717) is 11.3 Å². The molecule has 1 heterocycles. The lowest BCUT2D eigenvalue weighted by Gasteiger charge is -2.18. The van der Waals surface area contributed by atoms with E-state index >= 15 is 0 Å². The van der Waals surface area contributed by atoms with E-state index in [1.807, 2.05) is 19.1 Å². The first-order valence-corrected chi connectivity index (χ1v) is 8.33. The molecule has 5 heteroatoms. The van der Waals surface area contributed by atoms with Crippen LogP contribution < -0.4 is 10.4 Å². The molecule has 0 radical (unpaired) electrons. The summed E-state index contributed by atoms with van der Waals surface area (Å²) in [5.41, 5.74) is 2.89. The maximum atomic E-state index is 12.2. The summed E-state index contributed by atoms with van der Waals surface area (Å²) < 4.78 is 16.4. The van der Waals surface area contributed by atoms with Crippen molar-refractivity contribution in [3.8, 4) is 5.75 Å². The van der Waals surface area contributed by atoms with Gasteiger partial charge in [-0.05, 0) is 64.7 Å². The average molecular weight is 330 g/mol. The van der Waals surface area contributed by atoms with Crippen LogP contribution in [0.25, 0.3) is 11.0 Å². The Labute approximate surface area is 140 Å². The van der Waals surface area contributed by atoms with Crippen LogP contribution >= 0.6 is 0 Å². The maximum Gasteiger partial charge on any atom is 0.347 e. The third-order valence-corrected chi connectivity index (χ3v) is 4.33. The Balaban J connectivity index is 1.96. The highest BCUT2D eigenvalue weighted by Crippen LogP contribution is 2.33. The van der Waals surface area contributed by atoms with Crippen molar-refractivity contribution in [2.45, 2.75) is 59.2 Å². The standard InChI is InChI=1S/C19H22O5/c1-10(2)22-18(20)12(4)23-16-9-8-14-13-6-5-7-15(13)19(21)24-17(14)11(16)3/h8-10,12H,5-7H2,1-4H3/t12-/m0/s1. The van der Waals surface area contributed by atoms with Crippen LogP contribution in [0.2, 0.25) is 0 Å². The number of fused-ring (bicyclic) bond motifs is 3. The van der Waals surface area contributed by atoms with Gasteiger partial charge in [-0.1, -0.05) is 0 Å². The minimum absolute atomic E-state index is 0.193. The van der Waals surface area contributed by atoms with Crippen LogP contribution in [0.4, 0.5) is 0 Å². The molecule has 0 fully saturated rings. The number of aryl methyl sites for hydroxylation is 2. The monoisotopic (exact) mass is 330 g/mol. The van der Waals surface area contributed by atoms with Gasteiger partial charge in [0.15, 0.2) is 6.10 Å². The van der Waals surface area contributed by atoms with Gasteiger partial charge in [0.2, 0.25) is 0 Å². The first-order valence-electron chi connectivity index (χ1n) is 8.33. The highest BCUT2D eigenvalue weighted by Gasteiger charge is 2.23. The van der Waals surface area contributed by atoms with Gasteiger partial charge in [-0.3, -0.25) is 0 Å². The van der Waals surface area contributed by atoms with Gasteiger partial charge in [0, 0.05) is 16.5 Å². The summed E-state index contributed by atoms with van der Waals surface area (Å²) in [7, 11) is 0. The van der Waals surface area contributed by atoms with Crippen LogP contribution in [0, 0.1) is 6.92 Å². The van der Waals surface area contributed by atoms with Gasteiger partial charge in [0.25, 0.3) is 0 Å². The molecule has 1 aliphatic carbocycles. The quantitative estimate of drug-likeness (QED) is 0.635. The normalized spacial score (nSPS) is 14.7. The third-order valence-electron chi connectivity index (χ3n) is 4.33. The van der Waals surface area contributed by atoms with Crippen molar-refractivity contribution in [3.05, 3.63) is 39.2 Å². The first-order chi connectivity index (χ1) is 11.4. The van der Waals surface area contributed by atoms with E-state index in [-0.39, 0.29) is 11.7 Å². The average Bonchev–Trinajstić information content (AvgIpc) is 3.00. The summed E-state index contributed by atoms with van der Waals surface area (Å²) in [5.74, 6) is 0.108. The van der Waals surface area contributed by atoms with Gasteiger partial charge in [-0.25, -0.2) is 9.59 Å². The number of benzene rings is 1. The summed E-state index contributed by atoms with van der Waals surface area (Å²) in [5, 5.41) is 0.962. The highest BCUT2D eigenvalue weighted by atomic mass is 16.6. The minimum Gasteiger partial charge on any atom is -0.479 e. The fraction of sp³-hybridized carbons (Fsp3) is 0.474. The number of carbonyl (C=O) groups excluding carboxylic acids is 1. The second-order valence-electron chi connectivity index (χ2n) is 6.51. The zero-order valence-electron chi connectivity index (χ0n) is 14.5. The van der Waals surface area contributed by atoms with Crippen LogP contribution in [-0.2, 0) is 22.4 Å². The smallest absolute Gasteiger partial charge is 0.347 e. The zero-order valence-corrected chi connectivity index (χ0v) is 14.5. The molecule has 1 atom stereocenters. The van der Waals surface area contributed by atoms with Crippen LogP contribution in [0.1, 0.15) is 43.9 Å². The van der Waals surface area contributed by atoms with Crippen LogP contribution in [0.3, 0.4) is 0 Å². The lowest BCUT2D eigenvalue weighted by Crippen LogP contribution is -2.28. The Hall–Kier alpha value is -2.30. The SMILES string of the molecule is Cc1c(O[C@@H](C)C(=O)OC(C)C)ccc2c3c(c(=O)oc12)CCC3. The summed E-state index contributed by atoms with van der Waals surface area (Å²) in [6, 6.07) is 3.74.